The number of halogens is 3. The smallest absolute Gasteiger partial charge is 0.380 e. The highest BCUT2D eigenvalue weighted by atomic mass is 19.4. The first-order valence-corrected chi connectivity index (χ1v) is 17.6. The van der Waals surface area contributed by atoms with Crippen LogP contribution >= 0.6 is 0 Å². The van der Waals surface area contributed by atoms with E-state index < -0.39 is 23.9 Å². The van der Waals surface area contributed by atoms with Crippen molar-refractivity contribution in [3.63, 3.8) is 0 Å². The third-order valence-corrected chi connectivity index (χ3v) is 13.2. The molecular weight excluding hydrogens is 555 g/mol. The van der Waals surface area contributed by atoms with E-state index in [1.165, 1.54) is 38.5 Å². The lowest BCUT2D eigenvalue weighted by Crippen LogP contribution is -2.56. The molecule has 4 aliphatic heterocycles. The standard InChI is InChI=1S/C33H54F3N5O2/c1-39-21-37-38-30(39)15-32(19-43-20-32)25-8-5-9-26(14-25)41-18-28-27(31(41)42)12-22(13-29(28)33(34,35)36)16-40-11-10-24(17-40)23-6-3-2-4-7-23/h22-30,37-38H,2-21H2,1H3/t22?,24-,25?,26?,27?,28?,29?,30?/m0/s1. The van der Waals surface area contributed by atoms with Gasteiger partial charge in [0.2, 0.25) is 5.91 Å². The average molecular weight is 610 g/mol. The van der Waals surface area contributed by atoms with Crippen LogP contribution < -0.4 is 10.9 Å². The molecule has 0 aromatic rings. The molecule has 0 radical (unpaired) electrons. The van der Waals surface area contributed by atoms with Gasteiger partial charge in [-0.05, 0) is 88.1 Å². The highest BCUT2D eigenvalue weighted by Crippen LogP contribution is 2.53. The molecule has 7 unspecified atom stereocenters. The van der Waals surface area contributed by atoms with Gasteiger partial charge in [-0.2, -0.15) is 13.2 Å². The molecule has 4 heterocycles. The number of likely N-dealkylation sites (tertiary alicyclic amines) is 2. The molecule has 10 heteroatoms. The summed E-state index contributed by atoms with van der Waals surface area (Å²) in [5, 5.41) is 0. The topological polar surface area (TPSA) is 60.1 Å². The fraction of sp³-hybridized carbons (Fsp3) is 0.970. The lowest BCUT2D eigenvalue weighted by Gasteiger charge is -2.52. The van der Waals surface area contributed by atoms with Crippen LogP contribution in [0.2, 0.25) is 0 Å². The second-order valence-electron chi connectivity index (χ2n) is 15.8. The summed E-state index contributed by atoms with van der Waals surface area (Å²) in [6.45, 7) is 5.38. The Hall–Kier alpha value is -0.940. The first-order valence-electron chi connectivity index (χ1n) is 17.6. The number of nitrogens with zero attached hydrogens (tertiary/aromatic N) is 3. The molecule has 0 aromatic heterocycles. The Morgan fingerprint density at radius 3 is 2.47 bits per heavy atom. The van der Waals surface area contributed by atoms with Crippen LogP contribution in [0.5, 0.6) is 0 Å². The number of alkyl halides is 3. The maximum Gasteiger partial charge on any atom is 0.392 e. The van der Waals surface area contributed by atoms with Crippen LogP contribution in [-0.2, 0) is 9.53 Å². The summed E-state index contributed by atoms with van der Waals surface area (Å²) in [6, 6.07) is 0.0592. The molecule has 0 aromatic carbocycles. The quantitative estimate of drug-likeness (QED) is 0.431. The van der Waals surface area contributed by atoms with Crippen molar-refractivity contribution in [3.05, 3.63) is 0 Å². The average Bonchev–Trinajstić information content (AvgIpc) is 3.70. The lowest BCUT2D eigenvalue weighted by molar-refractivity contribution is -0.204. The van der Waals surface area contributed by atoms with E-state index >= 15 is 0 Å². The molecule has 43 heavy (non-hydrogen) atoms. The van der Waals surface area contributed by atoms with Crippen molar-refractivity contribution in [1.82, 2.24) is 25.6 Å². The van der Waals surface area contributed by atoms with E-state index in [1.54, 1.807) is 0 Å². The van der Waals surface area contributed by atoms with Crippen LogP contribution in [0.4, 0.5) is 13.2 Å². The summed E-state index contributed by atoms with van der Waals surface area (Å²) in [5.41, 5.74) is 6.70. The molecule has 244 valence electrons. The number of ether oxygens (including phenoxy) is 1. The van der Waals surface area contributed by atoms with Gasteiger partial charge < -0.3 is 14.5 Å². The molecule has 3 aliphatic carbocycles. The Labute approximate surface area is 255 Å². The maximum atomic E-state index is 14.6. The molecule has 1 amide bonds. The van der Waals surface area contributed by atoms with Crippen molar-refractivity contribution in [3.8, 4) is 0 Å². The number of hydrogen-bond acceptors (Lipinski definition) is 6. The Morgan fingerprint density at radius 1 is 0.953 bits per heavy atom. The van der Waals surface area contributed by atoms with Gasteiger partial charge in [-0.15, -0.1) is 0 Å². The minimum absolute atomic E-state index is 0.0245. The van der Waals surface area contributed by atoms with Crippen LogP contribution in [0.25, 0.3) is 0 Å². The van der Waals surface area contributed by atoms with Crippen molar-refractivity contribution < 1.29 is 22.7 Å². The third kappa shape index (κ3) is 6.13. The number of carbonyl (C=O) groups excluding carboxylic acids is 1. The monoisotopic (exact) mass is 609 g/mol. The number of rotatable bonds is 7. The Morgan fingerprint density at radius 2 is 1.77 bits per heavy atom. The summed E-state index contributed by atoms with van der Waals surface area (Å²) in [5.74, 6) is -0.471. The molecule has 0 spiro atoms. The van der Waals surface area contributed by atoms with Gasteiger partial charge in [0, 0.05) is 37.0 Å². The van der Waals surface area contributed by atoms with Gasteiger partial charge in [0.25, 0.3) is 0 Å². The maximum absolute atomic E-state index is 14.6. The second-order valence-corrected chi connectivity index (χ2v) is 15.8. The third-order valence-electron chi connectivity index (χ3n) is 13.2. The number of carbonyl (C=O) groups is 1. The van der Waals surface area contributed by atoms with E-state index in [-0.39, 0.29) is 35.9 Å². The molecule has 7 aliphatic rings. The number of fused-ring (bicyclic) bond motifs is 1. The molecule has 7 nitrogen and oxygen atoms in total. The zero-order valence-electron chi connectivity index (χ0n) is 26.1. The fourth-order valence-electron chi connectivity index (χ4n) is 10.7. The lowest BCUT2D eigenvalue weighted by atomic mass is 9.64. The molecule has 7 rings (SSSR count). The summed E-state index contributed by atoms with van der Waals surface area (Å²) < 4.78 is 49.6. The van der Waals surface area contributed by atoms with E-state index in [1.807, 2.05) is 4.90 Å². The number of nitrogens with one attached hydrogen (secondary N) is 2. The van der Waals surface area contributed by atoms with Crippen LogP contribution in [0.3, 0.4) is 0 Å². The minimum atomic E-state index is -4.25. The summed E-state index contributed by atoms with van der Waals surface area (Å²) in [7, 11) is 2.11. The highest BCUT2D eigenvalue weighted by molar-refractivity contribution is 5.82. The van der Waals surface area contributed by atoms with Gasteiger partial charge in [0.1, 0.15) is 0 Å². The first-order chi connectivity index (χ1) is 20.7. The molecule has 2 N–H and O–H groups in total. The Kier molecular flexibility index (Phi) is 8.81. The highest BCUT2D eigenvalue weighted by Gasteiger charge is 2.58. The predicted octanol–water partition coefficient (Wildman–Crippen LogP) is 4.84. The molecule has 8 atom stereocenters. The van der Waals surface area contributed by atoms with Crippen molar-refractivity contribution in [2.75, 3.05) is 53.1 Å². The minimum Gasteiger partial charge on any atom is -0.380 e. The largest absolute Gasteiger partial charge is 0.392 e. The zero-order valence-corrected chi connectivity index (χ0v) is 26.1. The number of amides is 1. The summed E-state index contributed by atoms with van der Waals surface area (Å²) in [4.78, 5) is 20.7. The van der Waals surface area contributed by atoms with E-state index in [0.717, 1.165) is 77.5 Å². The van der Waals surface area contributed by atoms with Crippen LogP contribution in [0, 0.1) is 46.8 Å². The van der Waals surface area contributed by atoms with Gasteiger partial charge in [-0.25, -0.2) is 10.9 Å². The second kappa shape index (κ2) is 12.3. The molecule has 7 fully saturated rings. The Balaban J connectivity index is 1.01. The summed E-state index contributed by atoms with van der Waals surface area (Å²) in [6.07, 6.45) is 9.65. The Bertz CT molecular complexity index is 988. The van der Waals surface area contributed by atoms with E-state index in [2.05, 4.69) is 27.7 Å². The first kappa shape index (κ1) is 30.7. The van der Waals surface area contributed by atoms with E-state index in [4.69, 9.17) is 4.74 Å². The van der Waals surface area contributed by atoms with Crippen LogP contribution in [-0.4, -0.2) is 92.1 Å². The number of hydrogen-bond donors (Lipinski definition) is 2. The van der Waals surface area contributed by atoms with E-state index in [9.17, 15) is 18.0 Å². The molecule has 0 bridgehead atoms. The molecule has 3 saturated carbocycles. The van der Waals surface area contributed by atoms with Crippen LogP contribution in [0.1, 0.15) is 83.5 Å². The van der Waals surface area contributed by atoms with Crippen molar-refractivity contribution >= 4 is 5.91 Å². The van der Waals surface area contributed by atoms with Crippen molar-refractivity contribution in [1.29, 1.82) is 0 Å². The zero-order chi connectivity index (χ0) is 29.8. The van der Waals surface area contributed by atoms with E-state index in [0.29, 0.717) is 24.8 Å². The summed E-state index contributed by atoms with van der Waals surface area (Å²) >= 11 is 0. The van der Waals surface area contributed by atoms with Gasteiger partial charge in [0.15, 0.2) is 0 Å². The van der Waals surface area contributed by atoms with Gasteiger partial charge in [0.05, 0.1) is 32.0 Å². The van der Waals surface area contributed by atoms with Crippen molar-refractivity contribution in [2.45, 2.75) is 102 Å². The molecular formula is C33H54F3N5O2. The van der Waals surface area contributed by atoms with Crippen LogP contribution in [0.15, 0.2) is 0 Å². The SMILES string of the molecule is CN1CNNC1CC1(C2CCCC(N3CC4C(CC(CN5CC[C@H](C6CCCCC6)C5)CC4C(F)(F)F)C3=O)C2)COC1. The molecule has 4 saturated heterocycles. The fourth-order valence-corrected chi connectivity index (χ4v) is 10.7. The normalized spacial score (nSPS) is 41.5. The van der Waals surface area contributed by atoms with Gasteiger partial charge in [-0.3, -0.25) is 9.69 Å². The predicted molar refractivity (Wildman–Crippen MR) is 158 cm³/mol. The van der Waals surface area contributed by atoms with Gasteiger partial charge in [-0.1, -0.05) is 38.5 Å². The number of hydrazine groups is 1. The van der Waals surface area contributed by atoms with Crippen molar-refractivity contribution in [2.24, 2.45) is 46.8 Å². The van der Waals surface area contributed by atoms with Gasteiger partial charge >= 0.3 is 6.18 Å².